The zero-order chi connectivity index (χ0) is 21.6. The zero-order valence-corrected chi connectivity index (χ0v) is 16.7. The summed E-state index contributed by atoms with van der Waals surface area (Å²) in [6.45, 7) is 3.02. The lowest BCUT2D eigenvalue weighted by Gasteiger charge is -2.08. The summed E-state index contributed by atoms with van der Waals surface area (Å²) in [5.74, 6) is -1.98. The van der Waals surface area contributed by atoms with E-state index in [1.807, 2.05) is 6.92 Å². The van der Waals surface area contributed by atoms with Crippen LogP contribution in [-0.4, -0.2) is 37.6 Å². The fraction of sp³-hybridized carbons (Fsp3) is 0.263. The minimum atomic E-state index is -3.66. The monoisotopic (exact) mass is 420 g/mol. The highest BCUT2D eigenvalue weighted by molar-refractivity contribution is 7.91. The normalized spacial score (nSPS) is 11.0. The number of hydrogen-bond donors (Lipinski definition) is 1. The predicted molar refractivity (Wildman–Crippen MR) is 105 cm³/mol. The Labute approximate surface area is 167 Å². The Balaban J connectivity index is 1.84. The van der Waals surface area contributed by atoms with Crippen LogP contribution >= 0.6 is 0 Å². The molecule has 0 saturated heterocycles. The van der Waals surface area contributed by atoms with Crippen molar-refractivity contribution in [1.29, 1.82) is 0 Å². The summed E-state index contributed by atoms with van der Waals surface area (Å²) in [5, 5.41) is 13.1. The van der Waals surface area contributed by atoms with E-state index in [9.17, 15) is 28.1 Å². The fourth-order valence-electron chi connectivity index (χ4n) is 2.36. The van der Waals surface area contributed by atoms with Gasteiger partial charge in [0.2, 0.25) is 0 Å². The van der Waals surface area contributed by atoms with Gasteiger partial charge in [-0.15, -0.1) is 0 Å². The summed E-state index contributed by atoms with van der Waals surface area (Å²) in [7, 11) is -3.66. The van der Waals surface area contributed by atoms with Gasteiger partial charge in [0.1, 0.15) is 0 Å². The highest BCUT2D eigenvalue weighted by Crippen LogP contribution is 2.18. The van der Waals surface area contributed by atoms with Crippen molar-refractivity contribution in [3.05, 3.63) is 63.7 Å². The molecule has 2 aromatic rings. The van der Waals surface area contributed by atoms with Crippen LogP contribution in [0.3, 0.4) is 0 Å². The molecule has 0 fully saturated rings. The number of hydrogen-bond acceptors (Lipinski definition) is 7. The summed E-state index contributed by atoms with van der Waals surface area (Å²) in [6.07, 6.45) is -0.403. The van der Waals surface area contributed by atoms with E-state index in [0.29, 0.717) is 0 Å². The van der Waals surface area contributed by atoms with E-state index in [4.69, 9.17) is 4.74 Å². The average Bonchev–Trinajstić information content (AvgIpc) is 2.67. The van der Waals surface area contributed by atoms with E-state index in [1.165, 1.54) is 24.3 Å². The molecule has 154 valence electrons. The molecule has 0 spiro atoms. The number of nitrogens with zero attached hydrogens (tertiary/aromatic N) is 1. The number of ether oxygens (including phenoxy) is 1. The van der Waals surface area contributed by atoms with E-state index < -0.39 is 45.4 Å². The summed E-state index contributed by atoms with van der Waals surface area (Å²) in [5.41, 5.74) is 1.76. The zero-order valence-electron chi connectivity index (χ0n) is 15.9. The molecular formula is C19H20N2O7S. The molecule has 0 bridgehead atoms. The number of carbonyl (C=O) groups excluding carboxylic acids is 2. The van der Waals surface area contributed by atoms with Gasteiger partial charge in [0.15, 0.2) is 16.4 Å². The quantitative estimate of drug-likeness (QED) is 0.394. The maximum absolute atomic E-state index is 12.3. The molecule has 0 unspecified atom stereocenters. The molecular weight excluding hydrogens is 400 g/mol. The number of nitro groups is 1. The van der Waals surface area contributed by atoms with E-state index in [0.717, 1.165) is 17.2 Å². The molecule has 0 aromatic heterocycles. The van der Waals surface area contributed by atoms with Gasteiger partial charge in [-0.1, -0.05) is 12.1 Å². The standard InChI is InChI=1S/C19H20N2O7S/c1-13-6-7-17(10-14(13)2)29(26,27)9-8-19(23)28-12-18(22)20-15-4-3-5-16(11-15)21(24)25/h3-7,10-11H,8-9,12H2,1-2H3,(H,20,22). The second kappa shape index (κ2) is 9.28. The summed E-state index contributed by atoms with van der Waals surface area (Å²) < 4.78 is 29.4. The van der Waals surface area contributed by atoms with E-state index in [-0.39, 0.29) is 16.3 Å². The van der Waals surface area contributed by atoms with Gasteiger partial charge >= 0.3 is 5.97 Å². The third-order valence-corrected chi connectivity index (χ3v) is 5.83. The largest absolute Gasteiger partial charge is 0.456 e. The number of aryl methyl sites for hydroxylation is 2. The van der Waals surface area contributed by atoms with E-state index in [2.05, 4.69) is 5.32 Å². The van der Waals surface area contributed by atoms with Gasteiger partial charge in [0, 0.05) is 17.8 Å². The molecule has 2 rings (SSSR count). The van der Waals surface area contributed by atoms with Crippen molar-refractivity contribution in [2.24, 2.45) is 0 Å². The first-order valence-corrected chi connectivity index (χ1v) is 10.2. The fourth-order valence-corrected chi connectivity index (χ4v) is 3.66. The number of carbonyl (C=O) groups is 2. The number of sulfone groups is 1. The minimum Gasteiger partial charge on any atom is -0.456 e. The lowest BCUT2D eigenvalue weighted by atomic mass is 10.1. The number of amides is 1. The van der Waals surface area contributed by atoms with Crippen LogP contribution in [0.2, 0.25) is 0 Å². The average molecular weight is 420 g/mol. The van der Waals surface area contributed by atoms with Gasteiger partial charge in [-0.2, -0.15) is 0 Å². The van der Waals surface area contributed by atoms with Crippen LogP contribution in [0.15, 0.2) is 47.4 Å². The smallest absolute Gasteiger partial charge is 0.307 e. The molecule has 0 aliphatic rings. The van der Waals surface area contributed by atoms with Crippen LogP contribution in [0, 0.1) is 24.0 Å². The maximum Gasteiger partial charge on any atom is 0.307 e. The van der Waals surface area contributed by atoms with Crippen LogP contribution in [0.25, 0.3) is 0 Å². The van der Waals surface area contributed by atoms with Crippen LogP contribution in [-0.2, 0) is 24.2 Å². The molecule has 0 atom stereocenters. The first kappa shape index (κ1) is 22.0. The first-order chi connectivity index (χ1) is 13.6. The van der Waals surface area contributed by atoms with E-state index >= 15 is 0 Å². The summed E-state index contributed by atoms with van der Waals surface area (Å²) >= 11 is 0. The number of nitrogens with one attached hydrogen (secondary N) is 1. The van der Waals surface area contributed by atoms with Gasteiger partial charge in [0.05, 0.1) is 22.0 Å². The third kappa shape index (κ3) is 6.39. The summed E-state index contributed by atoms with van der Waals surface area (Å²) in [6, 6.07) is 10.00. The second-order valence-corrected chi connectivity index (χ2v) is 8.44. The molecule has 10 heteroatoms. The number of benzene rings is 2. The molecule has 1 amide bonds. The van der Waals surface area contributed by atoms with Gasteiger partial charge in [-0.25, -0.2) is 8.42 Å². The number of nitro benzene ring substituents is 1. The Morgan fingerprint density at radius 3 is 2.48 bits per heavy atom. The van der Waals surface area contributed by atoms with Crippen molar-refractivity contribution in [1.82, 2.24) is 0 Å². The number of esters is 1. The van der Waals surface area contributed by atoms with Gasteiger partial charge in [0.25, 0.3) is 11.6 Å². The maximum atomic E-state index is 12.3. The summed E-state index contributed by atoms with van der Waals surface area (Å²) in [4.78, 5) is 33.8. The molecule has 1 N–H and O–H groups in total. The first-order valence-electron chi connectivity index (χ1n) is 8.58. The van der Waals surface area contributed by atoms with Crippen molar-refractivity contribution in [3.63, 3.8) is 0 Å². The number of non-ortho nitro benzene ring substituents is 1. The van der Waals surface area contributed by atoms with Crippen LogP contribution < -0.4 is 5.32 Å². The minimum absolute atomic E-state index is 0.122. The Bertz CT molecular complexity index is 1050. The number of anilines is 1. The topological polar surface area (TPSA) is 133 Å². The Morgan fingerprint density at radius 2 is 1.83 bits per heavy atom. The third-order valence-electron chi connectivity index (χ3n) is 4.12. The lowest BCUT2D eigenvalue weighted by Crippen LogP contribution is -2.22. The predicted octanol–water partition coefficient (Wildman–Crippen LogP) is 2.56. The van der Waals surface area contributed by atoms with Gasteiger partial charge < -0.3 is 10.1 Å². The molecule has 0 radical (unpaired) electrons. The van der Waals surface area contributed by atoms with Crippen LogP contribution in [0.4, 0.5) is 11.4 Å². The molecule has 0 saturated carbocycles. The Kier molecular flexibility index (Phi) is 7.05. The lowest BCUT2D eigenvalue weighted by molar-refractivity contribution is -0.384. The van der Waals surface area contributed by atoms with Gasteiger partial charge in [-0.3, -0.25) is 19.7 Å². The number of rotatable bonds is 8. The van der Waals surface area contributed by atoms with Crippen molar-refractivity contribution >= 4 is 33.1 Å². The molecule has 0 aliphatic heterocycles. The van der Waals surface area contributed by atoms with E-state index in [1.54, 1.807) is 19.1 Å². The van der Waals surface area contributed by atoms with Gasteiger partial charge in [-0.05, 0) is 43.2 Å². The molecule has 0 aliphatic carbocycles. The van der Waals surface area contributed by atoms with Crippen molar-refractivity contribution < 1.29 is 27.7 Å². The highest BCUT2D eigenvalue weighted by atomic mass is 32.2. The van der Waals surface area contributed by atoms with Crippen molar-refractivity contribution in [2.75, 3.05) is 17.7 Å². The molecule has 0 heterocycles. The molecule has 9 nitrogen and oxygen atoms in total. The SMILES string of the molecule is Cc1ccc(S(=O)(=O)CCC(=O)OCC(=O)Nc2cccc([N+](=O)[O-])c2)cc1C. The molecule has 2 aromatic carbocycles. The van der Waals surface area contributed by atoms with Crippen molar-refractivity contribution in [2.45, 2.75) is 25.2 Å². The highest BCUT2D eigenvalue weighted by Gasteiger charge is 2.18. The van der Waals surface area contributed by atoms with Crippen molar-refractivity contribution in [3.8, 4) is 0 Å². The second-order valence-electron chi connectivity index (χ2n) is 6.33. The van der Waals surface area contributed by atoms with Crippen LogP contribution in [0.1, 0.15) is 17.5 Å². The van der Waals surface area contributed by atoms with Crippen LogP contribution in [0.5, 0.6) is 0 Å². The Hall–Kier alpha value is -3.27. The molecule has 29 heavy (non-hydrogen) atoms. The Morgan fingerprint density at radius 1 is 1.10 bits per heavy atom.